The van der Waals surface area contributed by atoms with Gasteiger partial charge < -0.3 is 4.74 Å². The van der Waals surface area contributed by atoms with Gasteiger partial charge in [-0.3, -0.25) is 0 Å². The van der Waals surface area contributed by atoms with Gasteiger partial charge in [-0.2, -0.15) is 17.5 Å². The number of esters is 1. The summed E-state index contributed by atoms with van der Waals surface area (Å²) in [4.78, 5) is 15.0. The highest BCUT2D eigenvalue weighted by Crippen LogP contribution is 2.31. The molecule has 2 rings (SSSR count). The van der Waals surface area contributed by atoms with Crippen molar-refractivity contribution in [2.24, 2.45) is 0 Å². The number of aromatic nitrogens is 1. The molecule has 0 aliphatic carbocycles. The summed E-state index contributed by atoms with van der Waals surface area (Å²) < 4.78 is 70.0. The number of hydrogen-bond donors (Lipinski definition) is 0. The number of carbonyl (C=O) groups excluding carboxylic acids is 1. The van der Waals surface area contributed by atoms with Gasteiger partial charge in [0.1, 0.15) is 5.01 Å². The first-order chi connectivity index (χ1) is 12.6. The predicted molar refractivity (Wildman–Crippen MR) is 92.8 cm³/mol. The lowest BCUT2D eigenvalue weighted by molar-refractivity contribution is -0.137. The summed E-state index contributed by atoms with van der Waals surface area (Å²) in [6.07, 6.45) is -4.20. The lowest BCUT2D eigenvalue weighted by Gasteiger charge is -2.21. The molecule has 1 heterocycles. The first kappa shape index (κ1) is 21.3. The normalized spacial score (nSPS) is 12.4. The first-order valence-corrected chi connectivity index (χ1v) is 10.1. The number of hydrogen-bond acceptors (Lipinski definition) is 6. The van der Waals surface area contributed by atoms with Gasteiger partial charge in [-0.1, -0.05) is 13.0 Å². The molecule has 2 aromatic rings. The summed E-state index contributed by atoms with van der Waals surface area (Å²) in [5, 5.41) is 1.77. The molecule has 6 nitrogen and oxygen atoms in total. The van der Waals surface area contributed by atoms with Crippen LogP contribution in [0, 0.1) is 0 Å². The molecule has 1 aromatic carbocycles. The Labute approximate surface area is 158 Å². The number of nitrogens with zero attached hydrogens (tertiary/aromatic N) is 2. The van der Waals surface area contributed by atoms with Crippen molar-refractivity contribution in [2.45, 2.75) is 31.0 Å². The van der Waals surface area contributed by atoms with E-state index >= 15 is 0 Å². The third-order valence-corrected chi connectivity index (χ3v) is 6.20. The van der Waals surface area contributed by atoms with Gasteiger partial charge in [0.25, 0.3) is 0 Å². The van der Waals surface area contributed by atoms with Gasteiger partial charge >= 0.3 is 12.1 Å². The van der Waals surface area contributed by atoms with Gasteiger partial charge in [-0.25, -0.2) is 18.2 Å². The molecule has 27 heavy (non-hydrogen) atoms. The highest BCUT2D eigenvalue weighted by Gasteiger charge is 2.33. The molecule has 0 aliphatic heterocycles. The van der Waals surface area contributed by atoms with Crippen molar-refractivity contribution in [3.8, 4) is 0 Å². The minimum absolute atomic E-state index is 0.0467. The molecule has 0 bridgehead atoms. The van der Waals surface area contributed by atoms with E-state index in [-0.39, 0.29) is 18.8 Å². The number of methoxy groups -OCH3 is 1. The van der Waals surface area contributed by atoms with Crippen LogP contribution in [0.4, 0.5) is 13.2 Å². The summed E-state index contributed by atoms with van der Waals surface area (Å²) in [6.45, 7) is 1.68. The van der Waals surface area contributed by atoms with Crippen molar-refractivity contribution in [2.75, 3.05) is 13.7 Å². The van der Waals surface area contributed by atoms with Crippen LogP contribution >= 0.6 is 11.3 Å². The van der Waals surface area contributed by atoms with Crippen molar-refractivity contribution in [1.82, 2.24) is 9.29 Å². The minimum Gasteiger partial charge on any atom is -0.464 e. The summed E-state index contributed by atoms with van der Waals surface area (Å²) in [6, 6.07) is 3.60. The fourth-order valence-electron chi connectivity index (χ4n) is 2.25. The number of rotatable bonds is 7. The zero-order valence-corrected chi connectivity index (χ0v) is 16.1. The molecular formula is C16H17F3N2O4S2. The highest BCUT2D eigenvalue weighted by molar-refractivity contribution is 7.89. The van der Waals surface area contributed by atoms with Crippen LogP contribution in [0.3, 0.4) is 0 Å². The average molecular weight is 422 g/mol. The summed E-state index contributed by atoms with van der Waals surface area (Å²) in [5.41, 5.74) is -0.993. The van der Waals surface area contributed by atoms with Crippen molar-refractivity contribution < 1.29 is 31.1 Å². The van der Waals surface area contributed by atoms with Crippen LogP contribution in [0.25, 0.3) is 0 Å². The number of halogens is 3. The third-order valence-electron chi connectivity index (χ3n) is 3.53. The van der Waals surface area contributed by atoms with Crippen molar-refractivity contribution >= 4 is 27.3 Å². The van der Waals surface area contributed by atoms with Gasteiger partial charge in [0.05, 0.1) is 24.1 Å². The van der Waals surface area contributed by atoms with E-state index in [1.807, 2.05) is 0 Å². The lowest BCUT2D eigenvalue weighted by atomic mass is 10.2. The molecule has 0 spiro atoms. The smallest absolute Gasteiger partial charge is 0.416 e. The Morgan fingerprint density at radius 1 is 1.33 bits per heavy atom. The molecule has 0 atom stereocenters. The Morgan fingerprint density at radius 2 is 2.04 bits per heavy atom. The van der Waals surface area contributed by atoms with Crippen molar-refractivity contribution in [3.05, 3.63) is 45.9 Å². The maximum atomic E-state index is 12.9. The molecular weight excluding hydrogens is 405 g/mol. The molecule has 1 aromatic heterocycles. The SMILES string of the molecule is CCCN(Cc1nc(C(=O)OC)cs1)S(=O)(=O)c1cccc(C(F)(F)F)c1. The fourth-order valence-corrected chi connectivity index (χ4v) is 4.65. The van der Waals surface area contributed by atoms with Crippen LogP contribution in [0.1, 0.15) is 34.4 Å². The number of thiazole rings is 1. The topological polar surface area (TPSA) is 76.6 Å². The summed E-state index contributed by atoms with van der Waals surface area (Å²) in [7, 11) is -2.98. The Hall–Kier alpha value is -1.98. The molecule has 0 unspecified atom stereocenters. The number of sulfonamides is 1. The van der Waals surface area contributed by atoms with Crippen LogP contribution in [0.5, 0.6) is 0 Å². The van der Waals surface area contributed by atoms with Crippen LogP contribution in [-0.2, 0) is 27.5 Å². The second-order valence-corrected chi connectivity index (χ2v) is 8.36. The molecule has 0 fully saturated rings. The van der Waals surface area contributed by atoms with Crippen LogP contribution < -0.4 is 0 Å². The molecule has 0 N–H and O–H groups in total. The van der Waals surface area contributed by atoms with Gasteiger partial charge in [-0.15, -0.1) is 11.3 Å². The zero-order valence-electron chi connectivity index (χ0n) is 14.5. The Balaban J connectivity index is 2.34. The first-order valence-electron chi connectivity index (χ1n) is 7.79. The predicted octanol–water partition coefficient (Wildman–Crippen LogP) is 3.55. The van der Waals surface area contributed by atoms with Crippen LogP contribution in [-0.4, -0.2) is 37.3 Å². The maximum absolute atomic E-state index is 12.9. The van der Waals surface area contributed by atoms with Gasteiger partial charge in [0.2, 0.25) is 10.0 Å². The molecule has 0 amide bonds. The Morgan fingerprint density at radius 3 is 2.63 bits per heavy atom. The van der Waals surface area contributed by atoms with Gasteiger partial charge in [0, 0.05) is 11.9 Å². The average Bonchev–Trinajstić information content (AvgIpc) is 3.08. The molecule has 0 radical (unpaired) electrons. The zero-order chi connectivity index (χ0) is 20.2. The second-order valence-electron chi connectivity index (χ2n) is 5.48. The summed E-state index contributed by atoms with van der Waals surface area (Å²) in [5.74, 6) is -0.653. The third kappa shape index (κ3) is 5.05. The van der Waals surface area contributed by atoms with E-state index < -0.39 is 32.6 Å². The van der Waals surface area contributed by atoms with E-state index in [2.05, 4.69) is 9.72 Å². The quantitative estimate of drug-likeness (QED) is 0.638. The largest absolute Gasteiger partial charge is 0.464 e. The standard InChI is InChI=1S/C16H17F3N2O4S2/c1-3-7-21(9-14-20-13(10-26-14)15(22)25-2)27(23,24)12-6-4-5-11(8-12)16(17,18)19/h4-6,8,10H,3,7,9H2,1-2H3. The number of ether oxygens (including phenoxy) is 1. The fraction of sp³-hybridized carbons (Fsp3) is 0.375. The maximum Gasteiger partial charge on any atom is 0.416 e. The van der Waals surface area contributed by atoms with Crippen LogP contribution in [0.2, 0.25) is 0 Å². The minimum atomic E-state index is -4.65. The Bertz CT molecular complexity index is 910. The number of alkyl halides is 3. The Kier molecular flexibility index (Phi) is 6.60. The van der Waals surface area contributed by atoms with E-state index in [9.17, 15) is 26.4 Å². The second kappa shape index (κ2) is 8.36. The van der Waals surface area contributed by atoms with E-state index in [0.717, 1.165) is 33.8 Å². The van der Waals surface area contributed by atoms with E-state index in [1.54, 1.807) is 6.92 Å². The molecule has 0 saturated heterocycles. The molecule has 148 valence electrons. The molecule has 0 saturated carbocycles. The lowest BCUT2D eigenvalue weighted by Crippen LogP contribution is -2.31. The van der Waals surface area contributed by atoms with Crippen molar-refractivity contribution in [3.63, 3.8) is 0 Å². The van der Waals surface area contributed by atoms with Crippen LogP contribution in [0.15, 0.2) is 34.5 Å². The van der Waals surface area contributed by atoms with E-state index in [0.29, 0.717) is 17.5 Å². The monoisotopic (exact) mass is 422 g/mol. The highest BCUT2D eigenvalue weighted by atomic mass is 32.2. The molecule has 0 aliphatic rings. The molecule has 11 heteroatoms. The van der Waals surface area contributed by atoms with E-state index in [1.165, 1.54) is 12.5 Å². The van der Waals surface area contributed by atoms with Gasteiger partial charge in [-0.05, 0) is 24.6 Å². The number of carbonyl (C=O) groups is 1. The number of benzene rings is 1. The summed E-state index contributed by atoms with van der Waals surface area (Å²) >= 11 is 1.07. The van der Waals surface area contributed by atoms with E-state index in [4.69, 9.17) is 0 Å². The van der Waals surface area contributed by atoms with Gasteiger partial charge in [0.15, 0.2) is 5.69 Å². The van der Waals surface area contributed by atoms with Crippen molar-refractivity contribution in [1.29, 1.82) is 0 Å².